The molecule has 0 spiro atoms. The number of rotatable bonds is 2. The monoisotopic (exact) mass is 188 g/mol. The standard InChI is InChI=1S/C11H12N2O/c12-6-9-11(10(7-14)13-9)8-4-2-1-3-5-8/h1-5,9-11,13-14H,7H2/t9-,10+,11+/m1/s1. The fraction of sp³-hybridized carbons (Fsp3) is 0.364. The molecule has 0 aromatic heterocycles. The third kappa shape index (κ3) is 1.39. The molecular weight excluding hydrogens is 176 g/mol. The molecule has 0 unspecified atom stereocenters. The molecule has 72 valence electrons. The van der Waals surface area contributed by atoms with Crippen molar-refractivity contribution < 1.29 is 5.11 Å². The van der Waals surface area contributed by atoms with Crippen molar-refractivity contribution in [2.75, 3.05) is 6.61 Å². The highest BCUT2D eigenvalue weighted by molar-refractivity contribution is 5.30. The molecule has 0 saturated carbocycles. The quantitative estimate of drug-likeness (QED) is 0.715. The first-order chi connectivity index (χ1) is 6.86. The Hall–Kier alpha value is -1.37. The first-order valence-electron chi connectivity index (χ1n) is 4.68. The van der Waals surface area contributed by atoms with Gasteiger partial charge in [0.25, 0.3) is 0 Å². The minimum absolute atomic E-state index is 0.0297. The minimum atomic E-state index is -0.158. The first-order valence-corrected chi connectivity index (χ1v) is 4.68. The van der Waals surface area contributed by atoms with Crippen LogP contribution in [0.5, 0.6) is 0 Å². The Bertz CT molecular complexity index is 344. The van der Waals surface area contributed by atoms with Crippen LogP contribution in [-0.2, 0) is 0 Å². The second-order valence-electron chi connectivity index (χ2n) is 3.50. The van der Waals surface area contributed by atoms with Crippen molar-refractivity contribution in [1.29, 1.82) is 5.26 Å². The second-order valence-corrected chi connectivity index (χ2v) is 3.50. The van der Waals surface area contributed by atoms with E-state index in [0.717, 1.165) is 5.56 Å². The zero-order chi connectivity index (χ0) is 9.97. The number of hydrogen-bond acceptors (Lipinski definition) is 3. The van der Waals surface area contributed by atoms with E-state index in [4.69, 9.17) is 10.4 Å². The van der Waals surface area contributed by atoms with Crippen molar-refractivity contribution in [2.24, 2.45) is 0 Å². The normalized spacial score (nSPS) is 30.4. The molecule has 0 radical (unpaired) electrons. The number of aliphatic hydroxyl groups is 1. The van der Waals surface area contributed by atoms with E-state index in [1.807, 2.05) is 30.3 Å². The average molecular weight is 188 g/mol. The van der Waals surface area contributed by atoms with E-state index in [1.165, 1.54) is 0 Å². The maximum absolute atomic E-state index is 9.06. The maximum Gasteiger partial charge on any atom is 0.104 e. The van der Waals surface area contributed by atoms with Gasteiger partial charge in [0.2, 0.25) is 0 Å². The van der Waals surface area contributed by atoms with Crippen LogP contribution in [0.25, 0.3) is 0 Å². The SMILES string of the molecule is N#C[C@H]1N[C@@H](CO)[C@H]1c1ccccc1. The minimum Gasteiger partial charge on any atom is -0.395 e. The van der Waals surface area contributed by atoms with Gasteiger partial charge in [0.05, 0.1) is 12.7 Å². The maximum atomic E-state index is 9.06. The number of aliphatic hydroxyl groups excluding tert-OH is 1. The topological polar surface area (TPSA) is 56.0 Å². The Morgan fingerprint density at radius 2 is 2.07 bits per heavy atom. The fourth-order valence-electron chi connectivity index (χ4n) is 1.94. The third-order valence-corrected chi connectivity index (χ3v) is 2.71. The van der Waals surface area contributed by atoms with E-state index in [-0.39, 0.29) is 24.6 Å². The van der Waals surface area contributed by atoms with Crippen molar-refractivity contribution in [3.05, 3.63) is 35.9 Å². The van der Waals surface area contributed by atoms with Crippen molar-refractivity contribution in [3.8, 4) is 6.07 Å². The Kier molecular flexibility index (Phi) is 2.49. The zero-order valence-electron chi connectivity index (χ0n) is 7.72. The summed E-state index contributed by atoms with van der Waals surface area (Å²) in [4.78, 5) is 0. The van der Waals surface area contributed by atoms with Crippen LogP contribution < -0.4 is 5.32 Å². The zero-order valence-corrected chi connectivity index (χ0v) is 7.72. The molecule has 0 aliphatic carbocycles. The van der Waals surface area contributed by atoms with Crippen LogP contribution in [0, 0.1) is 11.3 Å². The van der Waals surface area contributed by atoms with E-state index in [2.05, 4.69) is 11.4 Å². The molecule has 1 aliphatic rings. The molecular formula is C11H12N2O. The lowest BCUT2D eigenvalue weighted by molar-refractivity contribution is 0.151. The highest BCUT2D eigenvalue weighted by atomic mass is 16.3. The molecule has 0 amide bonds. The molecule has 1 saturated heterocycles. The van der Waals surface area contributed by atoms with Gasteiger partial charge in [-0.3, -0.25) is 5.32 Å². The van der Waals surface area contributed by atoms with E-state index >= 15 is 0 Å². The van der Waals surface area contributed by atoms with Gasteiger partial charge >= 0.3 is 0 Å². The fourth-order valence-corrected chi connectivity index (χ4v) is 1.94. The van der Waals surface area contributed by atoms with E-state index in [0.29, 0.717) is 0 Å². The summed E-state index contributed by atoms with van der Waals surface area (Å²) < 4.78 is 0. The van der Waals surface area contributed by atoms with Crippen molar-refractivity contribution in [3.63, 3.8) is 0 Å². The summed E-state index contributed by atoms with van der Waals surface area (Å²) in [5.41, 5.74) is 1.12. The molecule has 3 heteroatoms. The lowest BCUT2D eigenvalue weighted by Gasteiger charge is -2.41. The van der Waals surface area contributed by atoms with E-state index < -0.39 is 0 Å². The molecule has 1 aromatic rings. The van der Waals surface area contributed by atoms with Crippen LogP contribution in [0.4, 0.5) is 0 Å². The summed E-state index contributed by atoms with van der Waals surface area (Å²) in [5.74, 6) is 0.131. The van der Waals surface area contributed by atoms with Gasteiger partial charge in [-0.1, -0.05) is 30.3 Å². The van der Waals surface area contributed by atoms with Gasteiger partial charge < -0.3 is 5.11 Å². The van der Waals surface area contributed by atoms with Gasteiger partial charge in [-0.15, -0.1) is 0 Å². The van der Waals surface area contributed by atoms with Gasteiger partial charge in [0.15, 0.2) is 0 Å². The van der Waals surface area contributed by atoms with Crippen molar-refractivity contribution in [1.82, 2.24) is 5.32 Å². The average Bonchev–Trinajstić information content (AvgIpc) is 2.19. The molecule has 1 heterocycles. The van der Waals surface area contributed by atoms with Gasteiger partial charge in [0.1, 0.15) is 6.04 Å². The summed E-state index contributed by atoms with van der Waals surface area (Å²) in [6.45, 7) is 0.0811. The molecule has 14 heavy (non-hydrogen) atoms. The van der Waals surface area contributed by atoms with Crippen LogP contribution in [0.15, 0.2) is 30.3 Å². The highest BCUT2D eigenvalue weighted by Crippen LogP contribution is 2.31. The molecule has 2 rings (SSSR count). The molecule has 0 bridgehead atoms. The molecule has 3 nitrogen and oxygen atoms in total. The van der Waals surface area contributed by atoms with Gasteiger partial charge in [-0.2, -0.15) is 5.26 Å². The molecule has 3 atom stereocenters. The van der Waals surface area contributed by atoms with E-state index in [9.17, 15) is 0 Å². The summed E-state index contributed by atoms with van der Waals surface area (Å²) in [6, 6.07) is 11.9. The molecule has 1 aromatic carbocycles. The summed E-state index contributed by atoms with van der Waals surface area (Å²) in [5, 5.41) is 20.9. The summed E-state index contributed by atoms with van der Waals surface area (Å²) in [6.07, 6.45) is 0. The Labute approximate surface area is 83.0 Å². The third-order valence-electron chi connectivity index (χ3n) is 2.71. The van der Waals surface area contributed by atoms with E-state index in [1.54, 1.807) is 0 Å². The van der Waals surface area contributed by atoms with Gasteiger partial charge in [0, 0.05) is 12.0 Å². The molecule has 2 N–H and O–H groups in total. The lowest BCUT2D eigenvalue weighted by Crippen LogP contribution is -2.60. The smallest absolute Gasteiger partial charge is 0.104 e. The van der Waals surface area contributed by atoms with Crippen molar-refractivity contribution in [2.45, 2.75) is 18.0 Å². The molecule has 1 aliphatic heterocycles. The predicted octanol–water partition coefficient (Wildman–Crippen LogP) is 0.626. The lowest BCUT2D eigenvalue weighted by atomic mass is 9.78. The Balaban J connectivity index is 2.20. The van der Waals surface area contributed by atoms with Gasteiger partial charge in [-0.05, 0) is 5.56 Å². The number of nitriles is 1. The van der Waals surface area contributed by atoms with Crippen LogP contribution in [-0.4, -0.2) is 23.8 Å². The van der Waals surface area contributed by atoms with Crippen LogP contribution in [0.3, 0.4) is 0 Å². The molecule has 1 fully saturated rings. The van der Waals surface area contributed by atoms with Crippen molar-refractivity contribution >= 4 is 0 Å². The second kappa shape index (κ2) is 3.79. The summed E-state index contributed by atoms with van der Waals surface area (Å²) in [7, 11) is 0. The first kappa shape index (κ1) is 9.20. The number of hydrogen-bond donors (Lipinski definition) is 2. The van der Waals surface area contributed by atoms with Crippen LogP contribution in [0.1, 0.15) is 11.5 Å². The largest absolute Gasteiger partial charge is 0.395 e. The van der Waals surface area contributed by atoms with Gasteiger partial charge in [-0.25, -0.2) is 0 Å². The van der Waals surface area contributed by atoms with Crippen LogP contribution in [0.2, 0.25) is 0 Å². The number of nitrogens with zero attached hydrogens (tertiary/aromatic N) is 1. The Morgan fingerprint density at radius 1 is 1.36 bits per heavy atom. The highest BCUT2D eigenvalue weighted by Gasteiger charge is 2.40. The Morgan fingerprint density at radius 3 is 2.64 bits per heavy atom. The number of nitrogens with one attached hydrogen (secondary N) is 1. The van der Waals surface area contributed by atoms with Crippen LogP contribution >= 0.6 is 0 Å². The summed E-state index contributed by atoms with van der Waals surface area (Å²) >= 11 is 0. The number of benzene rings is 1. The predicted molar refractivity (Wildman–Crippen MR) is 52.6 cm³/mol.